The van der Waals surface area contributed by atoms with Gasteiger partial charge >= 0.3 is 0 Å². The number of amides is 1. The van der Waals surface area contributed by atoms with Gasteiger partial charge in [0.2, 0.25) is 0 Å². The zero-order valence-electron chi connectivity index (χ0n) is 18.3. The quantitative estimate of drug-likeness (QED) is 0.265. The van der Waals surface area contributed by atoms with Crippen molar-refractivity contribution < 1.29 is 13.2 Å². The number of hydrogen-bond acceptors (Lipinski definition) is 8. The Bertz CT molecular complexity index is 1580. The number of sulfone groups is 1. The minimum atomic E-state index is -3.19. The van der Waals surface area contributed by atoms with Gasteiger partial charge in [-0.15, -0.1) is 0 Å². The van der Waals surface area contributed by atoms with Gasteiger partial charge < -0.3 is 0 Å². The molecule has 1 aromatic carbocycles. The number of halogens is 1. The number of rotatable bonds is 4. The molecule has 2 aliphatic rings. The van der Waals surface area contributed by atoms with Gasteiger partial charge in [0.15, 0.2) is 9.84 Å². The molecule has 2 aromatic heterocycles. The van der Waals surface area contributed by atoms with Gasteiger partial charge in [-0.05, 0) is 55.3 Å². The summed E-state index contributed by atoms with van der Waals surface area (Å²) in [6, 6.07) is 10.3. The standard InChI is InChI=1S/C23H18ClN3O4S4/c1-13-2-7-19-25-20(33-16-5-3-14(24)4-6-16)17(21(28)26(19)11-13)10-18-22(29)27(23(32)34-18)15-8-9-35(30,31)12-15/h2-7,10-11,15H,8-9,12H2,1H3. The van der Waals surface area contributed by atoms with Crippen molar-refractivity contribution in [3.05, 3.63) is 74.0 Å². The van der Waals surface area contributed by atoms with Gasteiger partial charge in [-0.25, -0.2) is 13.4 Å². The molecule has 1 amide bonds. The van der Waals surface area contributed by atoms with Crippen LogP contribution in [0.2, 0.25) is 5.02 Å². The third-order valence-electron chi connectivity index (χ3n) is 5.67. The number of thioether (sulfide) groups is 1. The van der Waals surface area contributed by atoms with Crippen molar-refractivity contribution in [3.8, 4) is 0 Å². The molecule has 35 heavy (non-hydrogen) atoms. The van der Waals surface area contributed by atoms with Crippen molar-refractivity contribution in [2.75, 3.05) is 11.5 Å². The van der Waals surface area contributed by atoms with E-state index in [0.717, 1.165) is 22.2 Å². The van der Waals surface area contributed by atoms with E-state index in [2.05, 4.69) is 0 Å². The number of carbonyl (C=O) groups is 1. The maximum Gasteiger partial charge on any atom is 0.266 e. The summed E-state index contributed by atoms with van der Waals surface area (Å²) >= 11 is 13.8. The molecule has 180 valence electrons. The van der Waals surface area contributed by atoms with Gasteiger partial charge in [-0.2, -0.15) is 0 Å². The van der Waals surface area contributed by atoms with Crippen LogP contribution in [0.4, 0.5) is 0 Å². The highest BCUT2D eigenvalue weighted by Crippen LogP contribution is 2.37. The van der Waals surface area contributed by atoms with Crippen molar-refractivity contribution >= 4 is 79.1 Å². The second kappa shape index (κ2) is 9.36. The highest BCUT2D eigenvalue weighted by atomic mass is 35.5. The number of carbonyl (C=O) groups excluding carboxylic acids is 1. The molecule has 0 bridgehead atoms. The lowest BCUT2D eigenvalue weighted by molar-refractivity contribution is -0.123. The van der Waals surface area contributed by atoms with Crippen LogP contribution in [-0.2, 0) is 14.6 Å². The number of fused-ring (bicyclic) bond motifs is 1. The molecule has 2 fully saturated rings. The molecule has 1 unspecified atom stereocenters. The number of nitrogens with zero attached hydrogens (tertiary/aromatic N) is 3. The third kappa shape index (κ3) is 4.92. The van der Waals surface area contributed by atoms with Crippen molar-refractivity contribution in [2.45, 2.75) is 29.3 Å². The van der Waals surface area contributed by atoms with E-state index in [9.17, 15) is 18.0 Å². The average molecular weight is 564 g/mol. The molecule has 1 atom stereocenters. The van der Waals surface area contributed by atoms with Crippen LogP contribution in [0.15, 0.2) is 62.2 Å². The second-order valence-corrected chi connectivity index (χ2v) is 13.6. The number of thiocarbonyl (C=S) groups is 1. The molecular weight excluding hydrogens is 546 g/mol. The molecule has 0 spiro atoms. The SMILES string of the molecule is Cc1ccc2nc(Sc3ccc(Cl)cc3)c(C=C3SC(=S)N(C4CCS(=O)(=O)C4)C3=O)c(=O)n2c1. The van der Waals surface area contributed by atoms with Crippen LogP contribution >= 0.6 is 47.3 Å². The monoisotopic (exact) mass is 563 g/mol. The lowest BCUT2D eigenvalue weighted by atomic mass is 10.2. The van der Waals surface area contributed by atoms with Gasteiger partial charge in [0, 0.05) is 16.1 Å². The normalized spacial score (nSPS) is 20.9. The first-order valence-electron chi connectivity index (χ1n) is 10.6. The fraction of sp³-hybridized carbons (Fsp3) is 0.217. The zero-order chi connectivity index (χ0) is 24.9. The van der Waals surface area contributed by atoms with Gasteiger partial charge in [-0.3, -0.25) is 18.9 Å². The van der Waals surface area contributed by atoms with Crippen LogP contribution in [0.1, 0.15) is 17.5 Å². The van der Waals surface area contributed by atoms with Crippen molar-refractivity contribution in [1.29, 1.82) is 0 Å². The zero-order valence-corrected chi connectivity index (χ0v) is 22.3. The van der Waals surface area contributed by atoms with Crippen LogP contribution in [0.25, 0.3) is 11.7 Å². The Hall–Kier alpha value is -2.18. The Kier molecular flexibility index (Phi) is 6.56. The Labute approximate surface area is 220 Å². The summed E-state index contributed by atoms with van der Waals surface area (Å²) in [4.78, 5) is 34.0. The molecule has 0 radical (unpaired) electrons. The van der Waals surface area contributed by atoms with Gasteiger partial charge in [-0.1, -0.05) is 53.4 Å². The van der Waals surface area contributed by atoms with Gasteiger partial charge in [0.1, 0.15) is 15.0 Å². The Morgan fingerprint density at radius 3 is 2.63 bits per heavy atom. The minimum Gasteiger partial charge on any atom is -0.289 e. The molecule has 7 nitrogen and oxygen atoms in total. The van der Waals surface area contributed by atoms with E-state index in [1.807, 2.05) is 25.1 Å². The third-order valence-corrected chi connectivity index (χ3v) is 10.0. The summed E-state index contributed by atoms with van der Waals surface area (Å²) < 4.78 is 25.7. The summed E-state index contributed by atoms with van der Waals surface area (Å²) in [7, 11) is -3.19. The fourth-order valence-electron chi connectivity index (χ4n) is 3.96. The summed E-state index contributed by atoms with van der Waals surface area (Å²) in [5.74, 6) is -0.465. The van der Waals surface area contributed by atoms with E-state index in [4.69, 9.17) is 28.8 Å². The maximum absolute atomic E-state index is 13.5. The maximum atomic E-state index is 13.5. The molecular formula is C23H18ClN3O4S4. The first kappa shape index (κ1) is 24.5. The predicted octanol–water partition coefficient (Wildman–Crippen LogP) is 4.20. The molecule has 3 aromatic rings. The van der Waals surface area contributed by atoms with Crippen molar-refractivity contribution in [1.82, 2.24) is 14.3 Å². The summed E-state index contributed by atoms with van der Waals surface area (Å²) in [6.07, 6.45) is 3.57. The van der Waals surface area contributed by atoms with Crippen LogP contribution in [0, 0.1) is 6.92 Å². The molecule has 2 saturated heterocycles. The number of aryl methyl sites for hydroxylation is 1. The van der Waals surface area contributed by atoms with E-state index in [-0.39, 0.29) is 27.5 Å². The first-order chi connectivity index (χ1) is 16.6. The van der Waals surface area contributed by atoms with E-state index >= 15 is 0 Å². The average Bonchev–Trinajstić information content (AvgIpc) is 3.30. The minimum absolute atomic E-state index is 0.0327. The van der Waals surface area contributed by atoms with E-state index < -0.39 is 21.8 Å². The van der Waals surface area contributed by atoms with E-state index in [1.165, 1.54) is 27.1 Å². The number of aromatic nitrogens is 2. The van der Waals surface area contributed by atoms with Crippen LogP contribution in [-0.4, -0.2) is 50.5 Å². The molecule has 2 aliphatic heterocycles. The van der Waals surface area contributed by atoms with E-state index in [0.29, 0.717) is 26.4 Å². The Balaban J connectivity index is 1.60. The smallest absolute Gasteiger partial charge is 0.266 e. The number of hydrogen-bond donors (Lipinski definition) is 0. The molecule has 0 N–H and O–H groups in total. The van der Waals surface area contributed by atoms with E-state index in [1.54, 1.807) is 24.4 Å². The fourth-order valence-corrected chi connectivity index (χ4v) is 8.06. The van der Waals surface area contributed by atoms with Crippen molar-refractivity contribution in [3.63, 3.8) is 0 Å². The summed E-state index contributed by atoms with van der Waals surface area (Å²) in [6.45, 7) is 1.88. The predicted molar refractivity (Wildman–Crippen MR) is 144 cm³/mol. The molecule has 5 rings (SSSR count). The van der Waals surface area contributed by atoms with Gasteiger partial charge in [0.05, 0.1) is 28.0 Å². The van der Waals surface area contributed by atoms with Crippen LogP contribution < -0.4 is 5.56 Å². The summed E-state index contributed by atoms with van der Waals surface area (Å²) in [5.41, 5.74) is 1.31. The van der Waals surface area contributed by atoms with Crippen LogP contribution in [0.5, 0.6) is 0 Å². The first-order valence-corrected chi connectivity index (χ1v) is 14.8. The highest BCUT2D eigenvalue weighted by molar-refractivity contribution is 8.26. The molecule has 4 heterocycles. The number of benzene rings is 1. The topological polar surface area (TPSA) is 88.8 Å². The Morgan fingerprint density at radius 1 is 1.20 bits per heavy atom. The van der Waals surface area contributed by atoms with Crippen LogP contribution in [0.3, 0.4) is 0 Å². The highest BCUT2D eigenvalue weighted by Gasteiger charge is 2.42. The largest absolute Gasteiger partial charge is 0.289 e. The lowest BCUT2D eigenvalue weighted by Crippen LogP contribution is -2.39. The summed E-state index contributed by atoms with van der Waals surface area (Å²) in [5, 5.41) is 1.03. The second-order valence-electron chi connectivity index (χ2n) is 8.23. The lowest BCUT2D eigenvalue weighted by Gasteiger charge is -2.20. The number of pyridine rings is 1. The molecule has 0 saturated carbocycles. The molecule has 0 aliphatic carbocycles. The van der Waals surface area contributed by atoms with Crippen molar-refractivity contribution in [2.24, 2.45) is 0 Å². The Morgan fingerprint density at radius 2 is 1.94 bits per heavy atom. The van der Waals surface area contributed by atoms with Gasteiger partial charge in [0.25, 0.3) is 11.5 Å². The molecule has 12 heteroatoms.